The number of nitrogens with one attached hydrogen (secondary N) is 1. The lowest BCUT2D eigenvalue weighted by Crippen LogP contribution is -2.58. The van der Waals surface area contributed by atoms with Gasteiger partial charge in [0.1, 0.15) is 0 Å². The Balaban J connectivity index is 2.38. The molecule has 3 heteroatoms. The SMILES string of the molecule is CCCC1CN(CCCCN(C)C)C(C(C)C)CN1. The lowest BCUT2D eigenvalue weighted by molar-refractivity contribution is 0.0932. The van der Waals surface area contributed by atoms with Gasteiger partial charge in [-0.3, -0.25) is 4.90 Å². The second kappa shape index (κ2) is 8.93. The average molecular weight is 269 g/mol. The summed E-state index contributed by atoms with van der Waals surface area (Å²) in [5, 5.41) is 3.74. The molecule has 0 spiro atoms. The summed E-state index contributed by atoms with van der Waals surface area (Å²) < 4.78 is 0. The molecule has 0 aromatic rings. The third kappa shape index (κ3) is 6.24. The Hall–Kier alpha value is -0.120. The molecule has 1 heterocycles. The van der Waals surface area contributed by atoms with Crippen molar-refractivity contribution in [3.8, 4) is 0 Å². The molecule has 1 fully saturated rings. The molecule has 1 saturated heterocycles. The quantitative estimate of drug-likeness (QED) is 0.683. The maximum Gasteiger partial charge on any atom is 0.0244 e. The van der Waals surface area contributed by atoms with Crippen molar-refractivity contribution in [1.82, 2.24) is 15.1 Å². The molecule has 0 aromatic carbocycles. The smallest absolute Gasteiger partial charge is 0.0244 e. The molecule has 0 bridgehead atoms. The van der Waals surface area contributed by atoms with Crippen LogP contribution in [0.5, 0.6) is 0 Å². The minimum absolute atomic E-state index is 0.717. The van der Waals surface area contributed by atoms with E-state index in [9.17, 15) is 0 Å². The molecule has 1 aliphatic rings. The van der Waals surface area contributed by atoms with Crippen molar-refractivity contribution < 1.29 is 0 Å². The van der Waals surface area contributed by atoms with Crippen LogP contribution < -0.4 is 5.32 Å². The van der Waals surface area contributed by atoms with Crippen molar-refractivity contribution in [3.05, 3.63) is 0 Å². The summed E-state index contributed by atoms with van der Waals surface area (Å²) in [5.41, 5.74) is 0. The molecule has 0 aliphatic carbocycles. The summed E-state index contributed by atoms with van der Waals surface area (Å²) in [6.07, 6.45) is 5.26. The van der Waals surface area contributed by atoms with Crippen LogP contribution in [0.4, 0.5) is 0 Å². The van der Waals surface area contributed by atoms with Crippen LogP contribution in [0, 0.1) is 5.92 Å². The number of nitrogens with zero attached hydrogens (tertiary/aromatic N) is 2. The molecule has 1 rings (SSSR count). The second-order valence-electron chi connectivity index (χ2n) is 6.71. The van der Waals surface area contributed by atoms with E-state index < -0.39 is 0 Å². The van der Waals surface area contributed by atoms with Gasteiger partial charge in [-0.25, -0.2) is 0 Å². The minimum atomic E-state index is 0.717. The molecule has 0 aromatic heterocycles. The highest BCUT2D eigenvalue weighted by Crippen LogP contribution is 2.17. The summed E-state index contributed by atoms with van der Waals surface area (Å²) in [7, 11) is 4.33. The van der Waals surface area contributed by atoms with E-state index in [1.807, 2.05) is 0 Å². The predicted molar refractivity (Wildman–Crippen MR) is 84.7 cm³/mol. The maximum atomic E-state index is 3.74. The highest BCUT2D eigenvalue weighted by Gasteiger charge is 2.28. The molecule has 2 unspecified atom stereocenters. The second-order valence-corrected chi connectivity index (χ2v) is 6.71. The molecule has 114 valence electrons. The first-order valence-electron chi connectivity index (χ1n) is 8.16. The zero-order valence-corrected chi connectivity index (χ0v) is 13.8. The van der Waals surface area contributed by atoms with Crippen molar-refractivity contribution >= 4 is 0 Å². The van der Waals surface area contributed by atoms with Gasteiger partial charge in [0.2, 0.25) is 0 Å². The van der Waals surface area contributed by atoms with Crippen molar-refractivity contribution in [1.29, 1.82) is 0 Å². The highest BCUT2D eigenvalue weighted by atomic mass is 15.2. The fourth-order valence-corrected chi connectivity index (χ4v) is 3.10. The third-order valence-corrected chi connectivity index (χ3v) is 4.25. The molecule has 1 N–H and O–H groups in total. The Kier molecular flexibility index (Phi) is 7.96. The van der Waals surface area contributed by atoms with Crippen LogP contribution in [0.3, 0.4) is 0 Å². The van der Waals surface area contributed by atoms with Gasteiger partial charge in [0, 0.05) is 25.2 Å². The van der Waals surface area contributed by atoms with E-state index in [0.717, 1.165) is 12.0 Å². The van der Waals surface area contributed by atoms with Gasteiger partial charge in [-0.15, -0.1) is 0 Å². The molecule has 0 amide bonds. The van der Waals surface area contributed by atoms with Gasteiger partial charge >= 0.3 is 0 Å². The topological polar surface area (TPSA) is 18.5 Å². The molecule has 0 saturated carbocycles. The molecule has 2 atom stereocenters. The first-order chi connectivity index (χ1) is 9.04. The number of piperazine rings is 1. The summed E-state index contributed by atoms with van der Waals surface area (Å²) in [6.45, 7) is 11.9. The lowest BCUT2D eigenvalue weighted by atomic mass is 9.96. The van der Waals surface area contributed by atoms with Gasteiger partial charge in [0.25, 0.3) is 0 Å². The van der Waals surface area contributed by atoms with Crippen LogP contribution in [0.25, 0.3) is 0 Å². The van der Waals surface area contributed by atoms with Gasteiger partial charge < -0.3 is 10.2 Å². The van der Waals surface area contributed by atoms with E-state index in [1.165, 1.54) is 51.9 Å². The number of hydrogen-bond acceptors (Lipinski definition) is 3. The van der Waals surface area contributed by atoms with E-state index >= 15 is 0 Å². The predicted octanol–water partition coefficient (Wildman–Crippen LogP) is 2.43. The molecular weight excluding hydrogens is 234 g/mol. The Labute approximate surface area is 120 Å². The Morgan fingerprint density at radius 1 is 1.26 bits per heavy atom. The number of rotatable bonds is 8. The largest absolute Gasteiger partial charge is 0.311 e. The van der Waals surface area contributed by atoms with Crippen LogP contribution in [-0.2, 0) is 0 Å². The van der Waals surface area contributed by atoms with Gasteiger partial charge in [-0.1, -0.05) is 27.2 Å². The first kappa shape index (κ1) is 16.9. The van der Waals surface area contributed by atoms with Crippen molar-refractivity contribution in [2.45, 2.75) is 58.5 Å². The van der Waals surface area contributed by atoms with E-state index in [4.69, 9.17) is 0 Å². The van der Waals surface area contributed by atoms with Gasteiger partial charge in [-0.05, 0) is 52.4 Å². The van der Waals surface area contributed by atoms with Crippen molar-refractivity contribution in [3.63, 3.8) is 0 Å². The van der Waals surface area contributed by atoms with E-state index in [1.54, 1.807) is 0 Å². The number of hydrogen-bond donors (Lipinski definition) is 1. The monoisotopic (exact) mass is 269 g/mol. The maximum absolute atomic E-state index is 3.74. The van der Waals surface area contributed by atoms with Gasteiger partial charge in [-0.2, -0.15) is 0 Å². The van der Waals surface area contributed by atoms with Gasteiger partial charge in [0.15, 0.2) is 0 Å². The normalized spacial score (nSPS) is 25.4. The molecule has 3 nitrogen and oxygen atoms in total. The van der Waals surface area contributed by atoms with Crippen molar-refractivity contribution in [2.75, 3.05) is 40.3 Å². The zero-order valence-electron chi connectivity index (χ0n) is 13.8. The van der Waals surface area contributed by atoms with Gasteiger partial charge in [0.05, 0.1) is 0 Å². The highest BCUT2D eigenvalue weighted by molar-refractivity contribution is 4.87. The first-order valence-corrected chi connectivity index (χ1v) is 8.16. The standard InChI is InChI=1S/C16H35N3/c1-6-9-15-13-19(11-8-7-10-18(4)5)16(12-17-15)14(2)3/h14-17H,6-13H2,1-5H3. The van der Waals surface area contributed by atoms with E-state index in [0.29, 0.717) is 6.04 Å². The van der Waals surface area contributed by atoms with Crippen LogP contribution in [0.15, 0.2) is 0 Å². The Morgan fingerprint density at radius 2 is 2.00 bits per heavy atom. The van der Waals surface area contributed by atoms with Crippen LogP contribution in [-0.4, -0.2) is 62.2 Å². The zero-order chi connectivity index (χ0) is 14.3. The molecule has 0 radical (unpaired) electrons. The molecule has 19 heavy (non-hydrogen) atoms. The Morgan fingerprint density at radius 3 is 2.58 bits per heavy atom. The minimum Gasteiger partial charge on any atom is -0.311 e. The molecule has 1 aliphatic heterocycles. The van der Waals surface area contributed by atoms with E-state index in [-0.39, 0.29) is 0 Å². The van der Waals surface area contributed by atoms with Crippen LogP contribution in [0.1, 0.15) is 46.5 Å². The van der Waals surface area contributed by atoms with Crippen LogP contribution in [0.2, 0.25) is 0 Å². The fourth-order valence-electron chi connectivity index (χ4n) is 3.10. The lowest BCUT2D eigenvalue weighted by Gasteiger charge is -2.42. The summed E-state index contributed by atoms with van der Waals surface area (Å²) in [5.74, 6) is 0.754. The Bertz CT molecular complexity index is 228. The fraction of sp³-hybridized carbons (Fsp3) is 1.00. The van der Waals surface area contributed by atoms with Crippen molar-refractivity contribution in [2.24, 2.45) is 5.92 Å². The third-order valence-electron chi connectivity index (χ3n) is 4.25. The average Bonchev–Trinajstić information content (AvgIpc) is 2.34. The number of unbranched alkanes of at least 4 members (excludes halogenated alkanes) is 1. The summed E-state index contributed by atoms with van der Waals surface area (Å²) >= 11 is 0. The summed E-state index contributed by atoms with van der Waals surface area (Å²) in [6, 6.07) is 1.45. The summed E-state index contributed by atoms with van der Waals surface area (Å²) in [4.78, 5) is 5.04. The van der Waals surface area contributed by atoms with Crippen LogP contribution >= 0.6 is 0 Å². The van der Waals surface area contributed by atoms with E-state index in [2.05, 4.69) is 50.0 Å². The molecular formula is C16H35N3.